The van der Waals surface area contributed by atoms with Gasteiger partial charge in [-0.15, -0.1) is 0 Å². The zero-order valence-corrected chi connectivity index (χ0v) is 9.61. The molecule has 0 aromatic heterocycles. The van der Waals surface area contributed by atoms with Gasteiger partial charge in [0, 0.05) is 12.2 Å². The van der Waals surface area contributed by atoms with E-state index in [1.807, 2.05) is 12.1 Å². The zero-order chi connectivity index (χ0) is 10.8. The average Bonchev–Trinajstić information content (AvgIpc) is 2.65. The molecule has 82 valence electrons. The SMILES string of the molecule is CC(c1ccccc1N)C1CCN(C)C1. The number of rotatable bonds is 2. The van der Waals surface area contributed by atoms with E-state index in [2.05, 4.69) is 31.0 Å². The third kappa shape index (κ3) is 2.15. The molecule has 0 spiro atoms. The van der Waals surface area contributed by atoms with Gasteiger partial charge in [0.1, 0.15) is 0 Å². The molecule has 1 aliphatic heterocycles. The highest BCUT2D eigenvalue weighted by Crippen LogP contribution is 2.33. The lowest BCUT2D eigenvalue weighted by Gasteiger charge is -2.21. The topological polar surface area (TPSA) is 29.3 Å². The van der Waals surface area contributed by atoms with Crippen molar-refractivity contribution in [2.24, 2.45) is 5.92 Å². The van der Waals surface area contributed by atoms with Crippen LogP contribution in [0.4, 0.5) is 5.69 Å². The number of para-hydroxylation sites is 1. The lowest BCUT2D eigenvalue weighted by atomic mass is 9.86. The summed E-state index contributed by atoms with van der Waals surface area (Å²) in [6.45, 7) is 4.73. The van der Waals surface area contributed by atoms with Crippen molar-refractivity contribution < 1.29 is 0 Å². The molecule has 0 saturated carbocycles. The second-order valence-electron chi connectivity index (χ2n) is 4.73. The number of benzene rings is 1. The fourth-order valence-corrected chi connectivity index (χ4v) is 2.56. The van der Waals surface area contributed by atoms with Crippen molar-refractivity contribution >= 4 is 5.69 Å². The van der Waals surface area contributed by atoms with Crippen molar-refractivity contribution in [1.29, 1.82) is 0 Å². The van der Waals surface area contributed by atoms with Crippen molar-refractivity contribution in [3.63, 3.8) is 0 Å². The molecule has 15 heavy (non-hydrogen) atoms. The summed E-state index contributed by atoms with van der Waals surface area (Å²) in [5, 5.41) is 0. The predicted octanol–water partition coefficient (Wildman–Crippen LogP) is 2.32. The minimum Gasteiger partial charge on any atom is -0.398 e. The highest BCUT2D eigenvalue weighted by atomic mass is 15.1. The highest BCUT2D eigenvalue weighted by Gasteiger charge is 2.26. The van der Waals surface area contributed by atoms with Crippen molar-refractivity contribution in [2.45, 2.75) is 19.3 Å². The lowest BCUT2D eigenvalue weighted by Crippen LogP contribution is -2.17. The van der Waals surface area contributed by atoms with E-state index in [1.54, 1.807) is 0 Å². The molecule has 2 heteroatoms. The Morgan fingerprint density at radius 1 is 1.40 bits per heavy atom. The third-order valence-electron chi connectivity index (χ3n) is 3.62. The van der Waals surface area contributed by atoms with Crippen LogP contribution in [0.3, 0.4) is 0 Å². The summed E-state index contributed by atoms with van der Waals surface area (Å²) in [6.07, 6.45) is 1.30. The Morgan fingerprint density at radius 3 is 2.73 bits per heavy atom. The lowest BCUT2D eigenvalue weighted by molar-refractivity contribution is 0.377. The second-order valence-corrected chi connectivity index (χ2v) is 4.73. The van der Waals surface area contributed by atoms with Crippen molar-refractivity contribution in [1.82, 2.24) is 4.90 Å². The molecule has 0 amide bonds. The van der Waals surface area contributed by atoms with Crippen molar-refractivity contribution in [2.75, 3.05) is 25.9 Å². The summed E-state index contributed by atoms with van der Waals surface area (Å²) in [5.74, 6) is 1.34. The maximum Gasteiger partial charge on any atom is 0.0349 e. The van der Waals surface area contributed by atoms with E-state index in [4.69, 9.17) is 5.73 Å². The minimum atomic E-state index is 0.580. The van der Waals surface area contributed by atoms with Crippen LogP contribution in [0.15, 0.2) is 24.3 Å². The summed E-state index contributed by atoms with van der Waals surface area (Å²) in [6, 6.07) is 8.26. The first-order valence-electron chi connectivity index (χ1n) is 5.71. The molecule has 1 aliphatic rings. The van der Waals surface area contributed by atoms with Crippen molar-refractivity contribution in [3.8, 4) is 0 Å². The number of hydrogen-bond acceptors (Lipinski definition) is 2. The molecule has 1 saturated heterocycles. The summed E-state index contributed by atoms with van der Waals surface area (Å²) in [4.78, 5) is 2.40. The van der Waals surface area contributed by atoms with Crippen LogP contribution in [0.1, 0.15) is 24.8 Å². The van der Waals surface area contributed by atoms with Gasteiger partial charge >= 0.3 is 0 Å². The van der Waals surface area contributed by atoms with Gasteiger partial charge in [-0.3, -0.25) is 0 Å². The quantitative estimate of drug-likeness (QED) is 0.749. The molecule has 2 unspecified atom stereocenters. The van der Waals surface area contributed by atoms with Gasteiger partial charge in [0.25, 0.3) is 0 Å². The van der Waals surface area contributed by atoms with Crippen LogP contribution >= 0.6 is 0 Å². The summed E-state index contributed by atoms with van der Waals surface area (Å²) in [7, 11) is 2.20. The number of likely N-dealkylation sites (tertiary alicyclic amines) is 1. The van der Waals surface area contributed by atoms with E-state index in [-0.39, 0.29) is 0 Å². The Labute approximate surface area is 92.1 Å². The predicted molar refractivity (Wildman–Crippen MR) is 64.9 cm³/mol. The molecular weight excluding hydrogens is 184 g/mol. The van der Waals surface area contributed by atoms with Gasteiger partial charge in [-0.1, -0.05) is 25.1 Å². The first kappa shape index (κ1) is 10.5. The minimum absolute atomic E-state index is 0.580. The van der Waals surface area contributed by atoms with Crippen LogP contribution in [0, 0.1) is 5.92 Å². The molecule has 0 aliphatic carbocycles. The van der Waals surface area contributed by atoms with Gasteiger partial charge in [-0.05, 0) is 43.5 Å². The second kappa shape index (κ2) is 4.23. The number of nitrogens with zero attached hydrogens (tertiary/aromatic N) is 1. The molecule has 0 radical (unpaired) electrons. The maximum absolute atomic E-state index is 6.01. The summed E-state index contributed by atoms with van der Waals surface area (Å²) in [5.41, 5.74) is 8.27. The van der Waals surface area contributed by atoms with Crippen LogP contribution in [0.5, 0.6) is 0 Å². The Bertz CT molecular complexity index is 335. The molecule has 0 bridgehead atoms. The van der Waals surface area contributed by atoms with Crippen molar-refractivity contribution in [3.05, 3.63) is 29.8 Å². The Morgan fingerprint density at radius 2 is 2.13 bits per heavy atom. The highest BCUT2D eigenvalue weighted by molar-refractivity contribution is 5.48. The van der Waals surface area contributed by atoms with Gasteiger partial charge < -0.3 is 10.6 Å². The Hall–Kier alpha value is -1.02. The number of anilines is 1. The molecule has 2 rings (SSSR count). The average molecular weight is 204 g/mol. The normalized spacial score (nSPS) is 24.3. The molecular formula is C13H20N2. The van der Waals surface area contributed by atoms with Crippen LogP contribution in [0.25, 0.3) is 0 Å². The smallest absolute Gasteiger partial charge is 0.0349 e. The molecule has 2 atom stereocenters. The van der Waals surface area contributed by atoms with Crippen LogP contribution in [0.2, 0.25) is 0 Å². The number of hydrogen-bond donors (Lipinski definition) is 1. The maximum atomic E-state index is 6.01. The molecule has 2 nitrogen and oxygen atoms in total. The number of nitrogen functional groups attached to an aromatic ring is 1. The number of nitrogens with two attached hydrogens (primary N) is 1. The van der Waals surface area contributed by atoms with E-state index in [0.29, 0.717) is 5.92 Å². The van der Waals surface area contributed by atoms with Gasteiger partial charge in [-0.25, -0.2) is 0 Å². The largest absolute Gasteiger partial charge is 0.398 e. The third-order valence-corrected chi connectivity index (χ3v) is 3.62. The van der Waals surface area contributed by atoms with E-state index in [1.165, 1.54) is 25.1 Å². The van der Waals surface area contributed by atoms with E-state index in [0.717, 1.165) is 11.6 Å². The monoisotopic (exact) mass is 204 g/mol. The fraction of sp³-hybridized carbons (Fsp3) is 0.538. The fourth-order valence-electron chi connectivity index (χ4n) is 2.56. The van der Waals surface area contributed by atoms with Gasteiger partial charge in [-0.2, -0.15) is 0 Å². The van der Waals surface area contributed by atoms with E-state index < -0.39 is 0 Å². The molecule has 1 aromatic rings. The van der Waals surface area contributed by atoms with Crippen LogP contribution < -0.4 is 5.73 Å². The summed E-state index contributed by atoms with van der Waals surface area (Å²) < 4.78 is 0. The Kier molecular flexibility index (Phi) is 2.96. The van der Waals surface area contributed by atoms with Crippen LogP contribution in [-0.2, 0) is 0 Å². The van der Waals surface area contributed by atoms with Crippen LogP contribution in [-0.4, -0.2) is 25.0 Å². The first-order chi connectivity index (χ1) is 7.18. The van der Waals surface area contributed by atoms with E-state index >= 15 is 0 Å². The van der Waals surface area contributed by atoms with E-state index in [9.17, 15) is 0 Å². The first-order valence-corrected chi connectivity index (χ1v) is 5.71. The molecule has 2 N–H and O–H groups in total. The Balaban J connectivity index is 2.14. The molecule has 1 heterocycles. The molecule has 1 fully saturated rings. The zero-order valence-electron chi connectivity index (χ0n) is 9.61. The van der Waals surface area contributed by atoms with Gasteiger partial charge in [0.05, 0.1) is 0 Å². The standard InChI is InChI=1S/C13H20N2/c1-10(11-7-8-15(2)9-11)12-5-3-4-6-13(12)14/h3-6,10-11H,7-9,14H2,1-2H3. The van der Waals surface area contributed by atoms with Gasteiger partial charge in [0.2, 0.25) is 0 Å². The molecule has 1 aromatic carbocycles. The summed E-state index contributed by atoms with van der Waals surface area (Å²) >= 11 is 0. The van der Waals surface area contributed by atoms with Gasteiger partial charge in [0.15, 0.2) is 0 Å².